The first kappa shape index (κ1) is 47.6. The van der Waals surface area contributed by atoms with Gasteiger partial charge in [-0.2, -0.15) is 4.57 Å². The quantitative estimate of drug-likeness (QED) is 0.0409. The molecule has 0 N–H and O–H groups in total. The van der Waals surface area contributed by atoms with E-state index in [0.29, 0.717) is 0 Å². The van der Waals surface area contributed by atoms with Gasteiger partial charge < -0.3 is 0 Å². The Morgan fingerprint density at radius 2 is 0.625 bits per heavy atom. The van der Waals surface area contributed by atoms with Crippen molar-refractivity contribution in [2.24, 2.45) is 0 Å². The average molecular weight is 963 g/mol. The van der Waals surface area contributed by atoms with Crippen LogP contribution in [0.3, 0.4) is 0 Å². The predicted octanol–water partition coefficient (Wildman–Crippen LogP) is 9.60. The molecule has 7 aromatic rings. The highest BCUT2D eigenvalue weighted by molar-refractivity contribution is 7.80. The molecule has 1 nitrogen and oxygen atoms in total. The molecule has 1 heterocycles. The molecule has 0 aliphatic heterocycles. The first-order valence-corrected chi connectivity index (χ1v) is 18.0. The molecule has 0 aliphatic rings. The van der Waals surface area contributed by atoms with Gasteiger partial charge in [0.1, 0.15) is 52.7 Å². The van der Waals surface area contributed by atoms with Gasteiger partial charge in [0.2, 0.25) is 10.5 Å². The van der Waals surface area contributed by atoms with Gasteiger partial charge in [-0.15, -0.1) is 34.5 Å². The van der Waals surface area contributed by atoms with E-state index in [0.717, 1.165) is 22.0 Å². The Balaban J connectivity index is 0.000000295. The lowest BCUT2D eigenvalue weighted by atomic mass is 9.12. The van der Waals surface area contributed by atoms with E-state index in [2.05, 4.69) is 66.2 Å². The molecule has 0 bridgehead atoms. The minimum atomic E-state index is -7.22. The summed E-state index contributed by atoms with van der Waals surface area (Å²) in [6, 6.07) is 20.6. The van der Waals surface area contributed by atoms with E-state index in [1.54, 1.807) is 0 Å². The second kappa shape index (κ2) is 17.6. The first-order chi connectivity index (χ1) is 30.0. The SMILES string of the molecule is Fc1c(F)c(F)c([B-](c2c(F)c(F)c(F)c(F)c2F)(c2c(F)c(F)c(F)c(F)c2F)c2c(F)c(F)c(F)c(F)c2F)c(F)c1F.Sc1cccc2ccc(S)[n+](Cc3ccccc3)c12. The third kappa shape index (κ3) is 7.26. The van der Waals surface area contributed by atoms with Crippen molar-refractivity contribution in [3.63, 3.8) is 0 Å². The molecule has 0 fully saturated rings. The van der Waals surface area contributed by atoms with Crippen LogP contribution < -0.4 is 26.4 Å². The smallest absolute Gasteiger partial charge is 0.207 e. The van der Waals surface area contributed by atoms with E-state index >= 15 is 35.1 Å². The molecule has 7 rings (SSSR count). The number of benzene rings is 6. The van der Waals surface area contributed by atoms with Crippen molar-refractivity contribution in [2.75, 3.05) is 0 Å². The molecule has 64 heavy (non-hydrogen) atoms. The Kier molecular flexibility index (Phi) is 13.1. The predicted molar refractivity (Wildman–Crippen MR) is 193 cm³/mol. The van der Waals surface area contributed by atoms with Crippen LogP contribution in [0.2, 0.25) is 0 Å². The van der Waals surface area contributed by atoms with Crippen LogP contribution in [0.25, 0.3) is 10.9 Å². The molecular weight excluding hydrogens is 949 g/mol. The zero-order valence-electron chi connectivity index (χ0n) is 30.5. The molecule has 0 saturated heterocycles. The molecule has 0 amide bonds. The molecule has 334 valence electrons. The fourth-order valence-electron chi connectivity index (χ4n) is 7.15. The van der Waals surface area contributed by atoms with Gasteiger partial charge in [0, 0.05) is 17.0 Å². The molecule has 0 saturated carbocycles. The molecule has 0 atom stereocenters. The lowest BCUT2D eigenvalue weighted by Gasteiger charge is -2.44. The lowest BCUT2D eigenvalue weighted by molar-refractivity contribution is -0.700. The van der Waals surface area contributed by atoms with Crippen molar-refractivity contribution < 1.29 is 92.4 Å². The maximum absolute atomic E-state index is 15.4. The molecule has 0 aliphatic carbocycles. The van der Waals surface area contributed by atoms with Gasteiger partial charge in [-0.3, -0.25) is 0 Å². The minimum absolute atomic E-state index is 0.800. The largest absolute Gasteiger partial charge is 0.237 e. The van der Waals surface area contributed by atoms with Crippen molar-refractivity contribution in [1.82, 2.24) is 0 Å². The molecule has 0 radical (unpaired) electrons. The van der Waals surface area contributed by atoms with Crippen LogP contribution in [-0.2, 0) is 6.54 Å². The summed E-state index contributed by atoms with van der Waals surface area (Å²) in [5.41, 5.74) is -11.9. The van der Waals surface area contributed by atoms with Crippen molar-refractivity contribution in [2.45, 2.75) is 16.5 Å². The number of halogens is 20. The number of rotatable bonds is 6. The normalized spacial score (nSPS) is 11.7. The van der Waals surface area contributed by atoms with Crippen LogP contribution >= 0.6 is 25.3 Å². The van der Waals surface area contributed by atoms with Gasteiger partial charge in [-0.05, 0) is 18.2 Å². The van der Waals surface area contributed by atoms with Gasteiger partial charge >= 0.3 is 0 Å². The van der Waals surface area contributed by atoms with E-state index in [9.17, 15) is 52.7 Å². The minimum Gasteiger partial charge on any atom is -0.207 e. The van der Waals surface area contributed by atoms with Crippen LogP contribution in [0.5, 0.6) is 0 Å². The molecule has 0 unspecified atom stereocenters. The summed E-state index contributed by atoms with van der Waals surface area (Å²) in [6.45, 7) is 0.800. The third-order valence-electron chi connectivity index (χ3n) is 9.89. The highest BCUT2D eigenvalue weighted by atomic mass is 32.1. The Labute approximate surface area is 354 Å². The van der Waals surface area contributed by atoms with Crippen LogP contribution in [0.15, 0.2) is 70.6 Å². The lowest BCUT2D eigenvalue weighted by Crippen LogP contribution is -2.81. The number of hydrogen-bond acceptors (Lipinski definition) is 2. The monoisotopic (exact) mass is 963 g/mol. The van der Waals surface area contributed by atoms with Crippen LogP contribution in [-0.4, -0.2) is 6.15 Å². The number of aromatic nitrogens is 1. The maximum Gasteiger partial charge on any atom is 0.237 e. The Morgan fingerprint density at radius 1 is 0.328 bits per heavy atom. The van der Waals surface area contributed by atoms with Gasteiger partial charge in [0.25, 0.3) is 0 Å². The number of fused-ring (bicyclic) bond motifs is 1. The zero-order valence-corrected chi connectivity index (χ0v) is 32.2. The molecule has 6 aromatic carbocycles. The molecule has 1 aromatic heterocycles. The highest BCUT2D eigenvalue weighted by Gasteiger charge is 2.52. The van der Waals surface area contributed by atoms with Gasteiger partial charge in [0.05, 0.1) is 4.90 Å². The van der Waals surface area contributed by atoms with E-state index in [1.807, 2.05) is 24.3 Å². The zero-order chi connectivity index (χ0) is 47.6. The highest BCUT2D eigenvalue weighted by Crippen LogP contribution is 2.31. The topological polar surface area (TPSA) is 3.88 Å². The van der Waals surface area contributed by atoms with Crippen LogP contribution in [0, 0.1) is 116 Å². The second-order valence-electron chi connectivity index (χ2n) is 13.3. The van der Waals surface area contributed by atoms with Crippen molar-refractivity contribution in [3.8, 4) is 0 Å². The molecular formula is C40H14BF20NS2. The molecule has 0 spiro atoms. The third-order valence-corrected chi connectivity index (χ3v) is 10.6. The number of nitrogens with zero attached hydrogens (tertiary/aromatic N) is 1. The van der Waals surface area contributed by atoms with Gasteiger partial charge in [0.15, 0.2) is 76.4 Å². The van der Waals surface area contributed by atoms with Crippen molar-refractivity contribution in [3.05, 3.63) is 183 Å². The summed E-state index contributed by atoms with van der Waals surface area (Å²) >= 11 is 9.16. The maximum atomic E-state index is 15.4. The Morgan fingerprint density at radius 3 is 0.938 bits per heavy atom. The molecule has 24 heteroatoms. The van der Waals surface area contributed by atoms with Gasteiger partial charge in [-0.25, -0.2) is 87.8 Å². The summed E-state index contributed by atoms with van der Waals surface area (Å²) in [5, 5.41) is 2.12. The number of hydrogen-bond donors (Lipinski definition) is 2. The fourth-order valence-corrected chi connectivity index (χ4v) is 7.73. The van der Waals surface area contributed by atoms with Crippen LogP contribution in [0.1, 0.15) is 5.56 Å². The standard InChI is InChI=1S/C24BF20.C16H13NS2/c26-5-1(6(27)14(35)21(42)13(5)34)25(2-7(28)15(36)22(43)16(37)8(2)29,3-9(30)17(38)23(44)18(39)10(3)31)4-11(32)19(40)24(45)20(41)12(4)33;18-14-8-4-7-13-9-10-15(19)17(16(13)14)11-12-5-2-1-3-6-12/h;1-10,18H,11H2/q-1;/p+1. The van der Waals surface area contributed by atoms with Crippen molar-refractivity contribution >= 4 is 64.2 Å². The summed E-state index contributed by atoms with van der Waals surface area (Å²) in [6.07, 6.45) is -7.22. The van der Waals surface area contributed by atoms with Gasteiger partial charge in [-0.1, -0.05) is 49.0 Å². The van der Waals surface area contributed by atoms with E-state index in [-0.39, 0.29) is 0 Å². The first-order valence-electron chi connectivity index (χ1n) is 17.1. The second-order valence-corrected chi connectivity index (χ2v) is 14.2. The van der Waals surface area contributed by atoms with E-state index < -0.39 is 144 Å². The summed E-state index contributed by atoms with van der Waals surface area (Å²) < 4.78 is 296. The average Bonchev–Trinajstić information content (AvgIpc) is 3.27. The summed E-state index contributed by atoms with van der Waals surface area (Å²) in [7, 11) is 0. The summed E-state index contributed by atoms with van der Waals surface area (Å²) in [5.74, 6) is -71.4. The fraction of sp³-hybridized carbons (Fsp3) is 0.0250. The van der Waals surface area contributed by atoms with Crippen molar-refractivity contribution in [1.29, 1.82) is 0 Å². The number of thiol groups is 2. The Bertz CT molecular complexity index is 2680. The number of pyridine rings is 1. The van der Waals surface area contributed by atoms with E-state index in [1.165, 1.54) is 10.9 Å². The van der Waals surface area contributed by atoms with Crippen LogP contribution in [0.4, 0.5) is 87.8 Å². The van der Waals surface area contributed by atoms with E-state index in [4.69, 9.17) is 0 Å². The Hall–Kier alpha value is -5.91. The summed E-state index contributed by atoms with van der Waals surface area (Å²) in [4.78, 5) is 0.976. The number of para-hydroxylation sites is 1.